The van der Waals surface area contributed by atoms with Gasteiger partial charge < -0.3 is 0 Å². The van der Waals surface area contributed by atoms with Crippen LogP contribution in [0.2, 0.25) is 6.82 Å². The molecule has 13 heavy (non-hydrogen) atoms. The second-order valence-corrected chi connectivity index (χ2v) is 3.74. The van der Waals surface area contributed by atoms with Gasteiger partial charge in [0.15, 0.2) is 7.28 Å². The fourth-order valence-corrected chi connectivity index (χ4v) is 1.32. The van der Waals surface area contributed by atoms with Gasteiger partial charge in [-0.1, -0.05) is 50.4 Å². The summed E-state index contributed by atoms with van der Waals surface area (Å²) in [6.45, 7) is 10.6. The summed E-state index contributed by atoms with van der Waals surface area (Å²) in [4.78, 5) is 0. The highest BCUT2D eigenvalue weighted by molar-refractivity contribution is 6.59. The first-order valence-electron chi connectivity index (χ1n) is 4.93. The van der Waals surface area contributed by atoms with Gasteiger partial charge in [-0.25, -0.2) is 0 Å². The summed E-state index contributed by atoms with van der Waals surface area (Å²) in [5.41, 5.74) is 3.91. The minimum Gasteiger partial charge on any atom is -0.104 e. The Kier molecular flexibility index (Phi) is 3.35. The van der Waals surface area contributed by atoms with Gasteiger partial charge in [-0.3, -0.25) is 0 Å². The lowest BCUT2D eigenvalue weighted by molar-refractivity contribution is 0.866. The Labute approximate surface area is 81.9 Å². The van der Waals surface area contributed by atoms with Crippen molar-refractivity contribution >= 4 is 12.8 Å². The van der Waals surface area contributed by atoms with E-state index in [1.807, 2.05) is 0 Å². The van der Waals surface area contributed by atoms with E-state index >= 15 is 0 Å². The molecule has 0 fully saturated rings. The summed E-state index contributed by atoms with van der Waals surface area (Å²) >= 11 is 0. The monoisotopic (exact) mass is 172 g/mol. The van der Waals surface area contributed by atoms with Gasteiger partial charge >= 0.3 is 0 Å². The second kappa shape index (κ2) is 4.31. The summed E-state index contributed by atoms with van der Waals surface area (Å²) in [7, 11) is 1.03. The van der Waals surface area contributed by atoms with Crippen molar-refractivity contribution in [3.63, 3.8) is 0 Å². The zero-order valence-corrected chi connectivity index (χ0v) is 8.80. The average Bonchev–Trinajstić information content (AvgIpc) is 2.17. The lowest BCUT2D eigenvalue weighted by Crippen LogP contribution is -1.92. The van der Waals surface area contributed by atoms with E-state index in [0.29, 0.717) is 5.92 Å². The van der Waals surface area contributed by atoms with Crippen LogP contribution in [0.1, 0.15) is 30.9 Å². The average molecular weight is 172 g/mol. The Morgan fingerprint density at radius 3 is 2.62 bits per heavy atom. The normalized spacial score (nSPS) is 10.2. The van der Waals surface area contributed by atoms with Crippen molar-refractivity contribution < 1.29 is 0 Å². The molecule has 0 aliphatic heterocycles. The molecule has 0 N–H and O–H groups in total. The molecule has 0 spiro atoms. The Morgan fingerprint density at radius 1 is 1.38 bits per heavy atom. The van der Waals surface area contributed by atoms with E-state index in [9.17, 15) is 0 Å². The first-order chi connectivity index (χ1) is 6.15. The summed E-state index contributed by atoms with van der Waals surface area (Å²) in [5, 5.41) is 0. The highest BCUT2D eigenvalue weighted by atomic mass is 14.0. The molecule has 0 atom stereocenters. The van der Waals surface area contributed by atoms with Crippen LogP contribution >= 0.6 is 0 Å². The van der Waals surface area contributed by atoms with Crippen molar-refractivity contribution in [2.45, 2.75) is 26.6 Å². The minimum absolute atomic E-state index is 0.601. The zero-order chi connectivity index (χ0) is 9.84. The molecule has 0 bridgehead atoms. The smallest absolute Gasteiger partial charge is 0.104 e. The third-order valence-electron chi connectivity index (χ3n) is 2.39. The van der Waals surface area contributed by atoms with Crippen LogP contribution in [-0.2, 0) is 0 Å². The van der Waals surface area contributed by atoms with Crippen LogP contribution < -0.4 is 0 Å². The molecule has 1 heteroatoms. The molecule has 0 aliphatic carbocycles. The van der Waals surface area contributed by atoms with E-state index in [4.69, 9.17) is 0 Å². The van der Waals surface area contributed by atoms with Gasteiger partial charge in [0.05, 0.1) is 0 Å². The SMILES string of the molecule is C=C(BC)c1cccc(C(C)C)c1. The molecule has 0 aromatic heterocycles. The highest BCUT2D eigenvalue weighted by Crippen LogP contribution is 2.19. The van der Waals surface area contributed by atoms with E-state index in [2.05, 4.69) is 51.5 Å². The molecule has 1 aromatic carbocycles. The predicted molar refractivity (Wildman–Crippen MR) is 62.6 cm³/mol. The lowest BCUT2D eigenvalue weighted by Gasteiger charge is -2.08. The molecular formula is C12H17B. The van der Waals surface area contributed by atoms with Crippen molar-refractivity contribution in [1.82, 2.24) is 0 Å². The molecule has 0 aliphatic rings. The molecule has 0 unspecified atom stereocenters. The van der Waals surface area contributed by atoms with E-state index in [1.54, 1.807) is 0 Å². The summed E-state index contributed by atoms with van der Waals surface area (Å²) < 4.78 is 0. The predicted octanol–water partition coefficient (Wildman–Crippen LogP) is 3.27. The lowest BCUT2D eigenvalue weighted by atomic mass is 9.70. The van der Waals surface area contributed by atoms with Gasteiger partial charge in [-0.2, -0.15) is 0 Å². The maximum absolute atomic E-state index is 4.04. The fraction of sp³-hybridized carbons (Fsp3) is 0.333. The maximum atomic E-state index is 4.04. The molecule has 68 valence electrons. The third-order valence-corrected chi connectivity index (χ3v) is 2.39. The molecule has 0 amide bonds. The van der Waals surface area contributed by atoms with Crippen molar-refractivity contribution in [3.8, 4) is 0 Å². The first kappa shape index (κ1) is 10.1. The number of hydrogen-bond acceptors (Lipinski definition) is 0. The standard InChI is InChI=1S/C12H17B/c1-9(2)11-6-5-7-12(8-11)10(3)13-4/h5-9,13H,3H2,1-2,4H3. The van der Waals surface area contributed by atoms with Crippen molar-refractivity contribution in [1.29, 1.82) is 0 Å². The Balaban J connectivity index is 2.98. The Bertz CT molecular complexity index is 300. The van der Waals surface area contributed by atoms with Gasteiger partial charge in [-0.05, 0) is 17.0 Å². The van der Waals surface area contributed by atoms with Gasteiger partial charge in [0.2, 0.25) is 0 Å². The quantitative estimate of drug-likeness (QED) is 0.613. The maximum Gasteiger partial charge on any atom is 0.154 e. The molecule has 0 radical (unpaired) electrons. The van der Waals surface area contributed by atoms with Gasteiger partial charge in [0.1, 0.15) is 0 Å². The van der Waals surface area contributed by atoms with Gasteiger partial charge in [0.25, 0.3) is 0 Å². The van der Waals surface area contributed by atoms with Crippen LogP contribution in [0.15, 0.2) is 30.8 Å². The largest absolute Gasteiger partial charge is 0.154 e. The Hall–Kier alpha value is -0.975. The highest BCUT2D eigenvalue weighted by Gasteiger charge is 2.01. The van der Waals surface area contributed by atoms with Crippen LogP contribution in [0.3, 0.4) is 0 Å². The van der Waals surface area contributed by atoms with E-state index in [1.165, 1.54) is 16.6 Å². The van der Waals surface area contributed by atoms with Crippen LogP contribution in [0.5, 0.6) is 0 Å². The van der Waals surface area contributed by atoms with Crippen LogP contribution in [0, 0.1) is 0 Å². The minimum atomic E-state index is 0.601. The second-order valence-electron chi connectivity index (χ2n) is 3.74. The van der Waals surface area contributed by atoms with Crippen LogP contribution in [0.4, 0.5) is 0 Å². The molecule has 0 saturated carbocycles. The third kappa shape index (κ3) is 2.48. The molecule has 1 aromatic rings. The number of rotatable bonds is 3. The van der Waals surface area contributed by atoms with Crippen molar-refractivity contribution in [3.05, 3.63) is 42.0 Å². The van der Waals surface area contributed by atoms with E-state index in [0.717, 1.165) is 7.28 Å². The summed E-state index contributed by atoms with van der Waals surface area (Å²) in [5.74, 6) is 0.601. The Morgan fingerprint density at radius 2 is 2.08 bits per heavy atom. The summed E-state index contributed by atoms with van der Waals surface area (Å²) in [6, 6.07) is 8.68. The topological polar surface area (TPSA) is 0 Å². The van der Waals surface area contributed by atoms with Gasteiger partial charge in [-0.15, -0.1) is 6.58 Å². The van der Waals surface area contributed by atoms with E-state index < -0.39 is 0 Å². The molecule has 0 saturated heterocycles. The molecular weight excluding hydrogens is 155 g/mol. The van der Waals surface area contributed by atoms with E-state index in [-0.39, 0.29) is 0 Å². The molecule has 1 rings (SSSR count). The van der Waals surface area contributed by atoms with Crippen molar-refractivity contribution in [2.75, 3.05) is 0 Å². The number of benzene rings is 1. The van der Waals surface area contributed by atoms with Crippen LogP contribution in [0.25, 0.3) is 5.47 Å². The summed E-state index contributed by atoms with van der Waals surface area (Å²) in [6.07, 6.45) is 0. The number of hydrogen-bond donors (Lipinski definition) is 0. The van der Waals surface area contributed by atoms with Crippen LogP contribution in [-0.4, -0.2) is 7.28 Å². The molecule has 0 nitrogen and oxygen atoms in total. The van der Waals surface area contributed by atoms with Gasteiger partial charge in [0, 0.05) is 0 Å². The molecule has 0 heterocycles. The zero-order valence-electron chi connectivity index (χ0n) is 8.80. The fourth-order valence-electron chi connectivity index (χ4n) is 1.32. The van der Waals surface area contributed by atoms with Crippen molar-refractivity contribution in [2.24, 2.45) is 0 Å². The first-order valence-corrected chi connectivity index (χ1v) is 4.93.